The molecule has 0 aliphatic heterocycles. The van der Waals surface area contributed by atoms with Gasteiger partial charge in [0, 0.05) is 6.42 Å². The largest absolute Gasteiger partial charge is 0.523 e. The van der Waals surface area contributed by atoms with Crippen molar-refractivity contribution in [2.45, 2.75) is 22.7 Å². The zero-order valence-electron chi connectivity index (χ0n) is 7.57. The van der Waals surface area contributed by atoms with Crippen LogP contribution < -0.4 is 0 Å². The van der Waals surface area contributed by atoms with Crippen LogP contribution in [0.5, 0.6) is 0 Å². The van der Waals surface area contributed by atoms with E-state index in [-0.39, 0.29) is 0 Å². The van der Waals surface area contributed by atoms with Gasteiger partial charge in [0.1, 0.15) is 0 Å². The van der Waals surface area contributed by atoms with Crippen LogP contribution in [0.25, 0.3) is 0 Å². The molecular weight excluding hydrogens is 353 g/mol. The smallest absolute Gasteiger partial charge is 0.263 e. The van der Waals surface area contributed by atoms with Crippen molar-refractivity contribution in [2.75, 3.05) is 6.61 Å². The molecule has 0 atom stereocenters. The summed E-state index contributed by atoms with van der Waals surface area (Å²) in [6, 6.07) is 0. The van der Waals surface area contributed by atoms with E-state index in [1.807, 2.05) is 0 Å². The number of hydrogen-bond acceptors (Lipinski definition) is 3. The summed E-state index contributed by atoms with van der Waals surface area (Å²) < 4.78 is 108. The normalized spacial score (nSPS) is 15.1. The van der Waals surface area contributed by atoms with Crippen molar-refractivity contribution in [3.63, 3.8) is 0 Å². The number of hydrogen-bond donors (Lipinski definition) is 0. The summed E-state index contributed by atoms with van der Waals surface area (Å²) in [6.45, 7) is -1.73. The minimum atomic E-state index is -6.06. The van der Waals surface area contributed by atoms with Crippen molar-refractivity contribution >= 4 is 26.0 Å². The lowest BCUT2D eigenvalue weighted by Crippen LogP contribution is -2.37. The van der Waals surface area contributed by atoms with Gasteiger partial charge in [-0.05, 0) is 15.9 Å². The average molecular weight is 357 g/mol. The topological polar surface area (TPSA) is 43.4 Å². The van der Waals surface area contributed by atoms with E-state index in [2.05, 4.69) is 4.18 Å². The minimum Gasteiger partial charge on any atom is -0.263 e. The first kappa shape index (κ1) is 16.9. The summed E-state index contributed by atoms with van der Waals surface area (Å²) in [7, 11) is -6.06. The molecule has 0 aromatic carbocycles. The van der Waals surface area contributed by atoms with Gasteiger partial charge in [0.05, 0.1) is 6.61 Å². The van der Waals surface area contributed by atoms with Gasteiger partial charge < -0.3 is 0 Å². The van der Waals surface area contributed by atoms with Crippen LogP contribution in [-0.4, -0.2) is 31.3 Å². The van der Waals surface area contributed by atoms with Gasteiger partial charge in [0.2, 0.25) is 0 Å². The molecule has 3 nitrogen and oxygen atoms in total. The lowest BCUT2D eigenvalue weighted by atomic mass is 10.2. The van der Waals surface area contributed by atoms with Crippen LogP contribution in [0.2, 0.25) is 0 Å². The van der Waals surface area contributed by atoms with Gasteiger partial charge in [-0.15, -0.1) is 0 Å². The zero-order valence-corrected chi connectivity index (χ0v) is 9.97. The molecule has 0 aliphatic rings. The summed E-state index contributed by atoms with van der Waals surface area (Å²) in [5.74, 6) is -4.74. The molecule has 0 amide bonds. The Morgan fingerprint density at radius 1 is 1.00 bits per heavy atom. The maximum atomic E-state index is 12.4. The predicted octanol–water partition coefficient (Wildman–Crippen LogP) is 2.87. The van der Waals surface area contributed by atoms with Gasteiger partial charge in [0.15, 0.2) is 0 Å². The molecule has 0 N–H and O–H groups in total. The fraction of sp³-hybridized carbons (Fsp3) is 1.00. The Kier molecular flexibility index (Phi) is 4.85. The van der Waals surface area contributed by atoms with E-state index in [9.17, 15) is 39.2 Å². The third kappa shape index (κ3) is 4.58. The van der Waals surface area contributed by atoms with Crippen LogP contribution >= 0.6 is 15.9 Å². The van der Waals surface area contributed by atoms with Crippen LogP contribution in [-0.2, 0) is 14.3 Å². The second kappa shape index (κ2) is 4.88. The van der Waals surface area contributed by atoms with E-state index in [1.165, 1.54) is 15.9 Å². The van der Waals surface area contributed by atoms with E-state index in [1.54, 1.807) is 0 Å². The van der Waals surface area contributed by atoms with Crippen molar-refractivity contribution in [1.29, 1.82) is 0 Å². The molecule has 0 heterocycles. The number of rotatable bonds is 5. The first-order valence-electron chi connectivity index (χ1n) is 3.61. The fourth-order valence-electron chi connectivity index (χ4n) is 0.488. The van der Waals surface area contributed by atoms with Gasteiger partial charge >= 0.3 is 26.4 Å². The quantitative estimate of drug-likeness (QED) is 0.329. The molecule has 0 unspecified atom stereocenters. The highest BCUT2D eigenvalue weighted by molar-refractivity contribution is 9.10. The molecule has 0 aliphatic carbocycles. The molecule has 0 spiro atoms. The molecule has 0 fully saturated rings. The third-order valence-corrected chi connectivity index (χ3v) is 2.98. The molecule has 12 heteroatoms. The molecule has 0 rings (SSSR count). The average Bonchev–Trinajstić information content (AvgIpc) is 1.98. The Labute approximate surface area is 99.2 Å². The van der Waals surface area contributed by atoms with Crippen LogP contribution in [0, 0.1) is 0 Å². The van der Waals surface area contributed by atoms with Crippen molar-refractivity contribution in [2.24, 2.45) is 0 Å². The minimum absolute atomic E-state index is 1.31. The van der Waals surface area contributed by atoms with Gasteiger partial charge in [0.25, 0.3) is 0 Å². The number of alkyl halides is 8. The Morgan fingerprint density at radius 3 is 1.71 bits per heavy atom. The Bertz CT molecular complexity index is 357. The predicted molar refractivity (Wildman–Crippen MR) is 44.4 cm³/mol. The molecule has 0 saturated heterocycles. The standard InChI is InChI=1S/C5H4BrF7O3S/c6-4(9,10)3(7,8)1-2-16-17(14,15)5(11,12)13/h1-2H2. The van der Waals surface area contributed by atoms with Crippen molar-refractivity contribution < 1.29 is 43.3 Å². The SMILES string of the molecule is O=S(=O)(OCCC(F)(F)C(F)(F)Br)C(F)(F)F. The fourth-order valence-corrected chi connectivity index (χ4v) is 1.12. The third-order valence-electron chi connectivity index (χ3n) is 1.35. The van der Waals surface area contributed by atoms with E-state index >= 15 is 0 Å². The highest BCUT2D eigenvalue weighted by Gasteiger charge is 2.54. The highest BCUT2D eigenvalue weighted by atomic mass is 79.9. The lowest BCUT2D eigenvalue weighted by molar-refractivity contribution is -0.155. The molecule has 0 radical (unpaired) electrons. The van der Waals surface area contributed by atoms with Crippen LogP contribution in [0.3, 0.4) is 0 Å². The zero-order chi connectivity index (χ0) is 14.1. The van der Waals surface area contributed by atoms with E-state index in [0.717, 1.165) is 0 Å². The first-order chi connectivity index (χ1) is 7.21. The molecule has 0 aromatic heterocycles. The summed E-state index contributed by atoms with van der Waals surface area (Å²) in [6.07, 6.45) is -1.90. The van der Waals surface area contributed by atoms with Crippen molar-refractivity contribution in [3.8, 4) is 0 Å². The molecular formula is C5H4BrF7O3S. The molecule has 0 bridgehead atoms. The van der Waals surface area contributed by atoms with Gasteiger partial charge in [-0.25, -0.2) is 0 Å². The van der Waals surface area contributed by atoms with Gasteiger partial charge in [-0.1, -0.05) is 0 Å². The van der Waals surface area contributed by atoms with Gasteiger partial charge in [-0.2, -0.15) is 39.2 Å². The van der Waals surface area contributed by atoms with Crippen LogP contribution in [0.15, 0.2) is 0 Å². The Balaban J connectivity index is 4.47. The lowest BCUT2D eigenvalue weighted by Gasteiger charge is -2.21. The maximum absolute atomic E-state index is 12.4. The van der Waals surface area contributed by atoms with Crippen molar-refractivity contribution in [1.82, 2.24) is 0 Å². The maximum Gasteiger partial charge on any atom is 0.523 e. The molecule has 0 saturated carbocycles. The number of halogens is 8. The molecule has 104 valence electrons. The molecule has 17 heavy (non-hydrogen) atoms. The van der Waals surface area contributed by atoms with Crippen LogP contribution in [0.4, 0.5) is 30.7 Å². The Morgan fingerprint density at radius 2 is 1.41 bits per heavy atom. The van der Waals surface area contributed by atoms with Crippen LogP contribution in [0.1, 0.15) is 6.42 Å². The first-order valence-corrected chi connectivity index (χ1v) is 5.81. The Hall–Kier alpha value is -0.100. The highest BCUT2D eigenvalue weighted by Crippen LogP contribution is 2.41. The molecule has 0 aromatic rings. The summed E-state index contributed by atoms with van der Waals surface area (Å²) in [5, 5.41) is 0. The summed E-state index contributed by atoms with van der Waals surface area (Å²) >= 11 is 1.31. The van der Waals surface area contributed by atoms with E-state index in [0.29, 0.717) is 0 Å². The van der Waals surface area contributed by atoms with Gasteiger partial charge in [-0.3, -0.25) is 4.18 Å². The summed E-state index contributed by atoms with van der Waals surface area (Å²) in [4.78, 5) is -4.68. The van der Waals surface area contributed by atoms with Crippen molar-refractivity contribution in [3.05, 3.63) is 0 Å². The monoisotopic (exact) mass is 356 g/mol. The van der Waals surface area contributed by atoms with E-state index in [4.69, 9.17) is 0 Å². The second-order valence-corrected chi connectivity index (χ2v) is 5.28. The summed E-state index contributed by atoms with van der Waals surface area (Å²) in [5.41, 5.74) is -5.79. The second-order valence-electron chi connectivity index (χ2n) is 2.67. The van der Waals surface area contributed by atoms with E-state index < -0.39 is 39.4 Å².